The lowest BCUT2D eigenvalue weighted by molar-refractivity contribution is 1.39. The van der Waals surface area contributed by atoms with Gasteiger partial charge in [0.2, 0.25) is 0 Å². The van der Waals surface area contributed by atoms with Crippen LogP contribution in [-0.4, -0.2) is 0 Å². The summed E-state index contributed by atoms with van der Waals surface area (Å²) in [6, 6.07) is 37.8. The Morgan fingerprint density at radius 3 is 1.04 bits per heavy atom. The molecule has 0 amide bonds. The molecule has 0 unspecified atom stereocenters. The minimum Gasteiger partial charge on any atom is -0.289 e. The Hall–Kier alpha value is -5.86. The van der Waals surface area contributed by atoms with Crippen LogP contribution >= 0.6 is 0 Å². The molecule has 0 saturated heterocycles. The van der Waals surface area contributed by atoms with Crippen molar-refractivity contribution in [3.63, 3.8) is 0 Å². The highest BCUT2D eigenvalue weighted by molar-refractivity contribution is 6.43. The SMILES string of the molecule is Cc1cccc(C)c1-c1cc2c3ccccc3c(=O)c3cc4c(-c5c(C)cccc5C)cc5c6ccccc6c(=O)c6cc1c(c32)c4c65. The lowest BCUT2D eigenvalue weighted by atomic mass is 9.78. The summed E-state index contributed by atoms with van der Waals surface area (Å²) in [6.07, 6.45) is 0. The molecule has 0 heterocycles. The van der Waals surface area contributed by atoms with Crippen molar-refractivity contribution in [2.24, 2.45) is 0 Å². The van der Waals surface area contributed by atoms with Gasteiger partial charge in [-0.1, -0.05) is 84.9 Å². The minimum atomic E-state index is 0.0483. The molecule has 0 aliphatic heterocycles. The fourth-order valence-corrected chi connectivity index (χ4v) is 9.01. The van der Waals surface area contributed by atoms with Gasteiger partial charge in [-0.05, 0) is 140 Å². The minimum absolute atomic E-state index is 0.0483. The summed E-state index contributed by atoms with van der Waals surface area (Å²) in [5.41, 5.74) is 9.36. The Morgan fingerprint density at radius 2 is 0.667 bits per heavy atom. The summed E-state index contributed by atoms with van der Waals surface area (Å²) in [5.74, 6) is 0. The van der Waals surface area contributed by atoms with Crippen LogP contribution in [0.4, 0.5) is 0 Å². The van der Waals surface area contributed by atoms with Crippen LogP contribution in [-0.2, 0) is 0 Å². The van der Waals surface area contributed by atoms with Gasteiger partial charge >= 0.3 is 0 Å². The van der Waals surface area contributed by atoms with Crippen LogP contribution in [0.15, 0.2) is 119 Å². The molecule has 0 radical (unpaired) electrons. The number of benzene rings is 10. The van der Waals surface area contributed by atoms with E-state index in [1.54, 1.807) is 0 Å². The van der Waals surface area contributed by atoms with E-state index in [4.69, 9.17) is 0 Å². The van der Waals surface area contributed by atoms with Gasteiger partial charge in [-0.2, -0.15) is 0 Å². The molecular weight excluding hydrogens is 585 g/mol. The smallest absolute Gasteiger partial charge is 0.194 e. The zero-order valence-corrected chi connectivity index (χ0v) is 27.2. The van der Waals surface area contributed by atoms with Gasteiger partial charge in [-0.25, -0.2) is 0 Å². The molecular formula is C46H30O2. The van der Waals surface area contributed by atoms with Crippen molar-refractivity contribution in [3.8, 4) is 22.3 Å². The van der Waals surface area contributed by atoms with Crippen LogP contribution in [0.5, 0.6) is 0 Å². The van der Waals surface area contributed by atoms with E-state index in [-0.39, 0.29) is 10.9 Å². The second kappa shape index (κ2) is 9.36. The maximum Gasteiger partial charge on any atom is 0.194 e. The first-order chi connectivity index (χ1) is 23.3. The van der Waals surface area contributed by atoms with Crippen molar-refractivity contribution >= 4 is 75.4 Å². The first kappa shape index (κ1) is 27.3. The van der Waals surface area contributed by atoms with Gasteiger partial charge in [0.15, 0.2) is 10.9 Å². The molecule has 0 saturated carbocycles. The predicted molar refractivity (Wildman–Crippen MR) is 205 cm³/mol. The Morgan fingerprint density at radius 1 is 0.312 bits per heavy atom. The zero-order chi connectivity index (χ0) is 32.6. The molecule has 2 nitrogen and oxygen atoms in total. The van der Waals surface area contributed by atoms with Crippen molar-refractivity contribution in [2.45, 2.75) is 27.7 Å². The second-order valence-corrected chi connectivity index (χ2v) is 13.7. The molecule has 0 bridgehead atoms. The third-order valence-corrected chi connectivity index (χ3v) is 11.0. The zero-order valence-electron chi connectivity index (χ0n) is 27.2. The van der Waals surface area contributed by atoms with Gasteiger partial charge in [0.05, 0.1) is 0 Å². The number of hydrogen-bond donors (Lipinski definition) is 0. The van der Waals surface area contributed by atoms with Gasteiger partial charge in [-0.15, -0.1) is 0 Å². The average Bonchev–Trinajstić information content (AvgIpc) is 3.09. The third-order valence-electron chi connectivity index (χ3n) is 11.0. The van der Waals surface area contributed by atoms with Crippen molar-refractivity contribution in [2.75, 3.05) is 0 Å². The molecule has 2 heteroatoms. The van der Waals surface area contributed by atoms with Crippen molar-refractivity contribution < 1.29 is 0 Å². The number of hydrogen-bond acceptors (Lipinski definition) is 2. The second-order valence-electron chi connectivity index (χ2n) is 13.7. The van der Waals surface area contributed by atoms with E-state index in [0.29, 0.717) is 0 Å². The van der Waals surface area contributed by atoms with Crippen molar-refractivity contribution in [1.29, 1.82) is 0 Å². The quantitative estimate of drug-likeness (QED) is 0.143. The van der Waals surface area contributed by atoms with Crippen LogP contribution in [0, 0.1) is 27.7 Å². The highest BCUT2D eigenvalue weighted by atomic mass is 16.1. The molecule has 10 aromatic carbocycles. The maximum absolute atomic E-state index is 14.5. The standard InChI is InChI=1S/C46H30O2/c1-23-11-9-12-24(2)39(23)33-19-31-27-15-5-7-17-29(27)46(48)38-22-36-34(40-25(3)13-10-14-26(40)4)20-32-28-16-6-8-18-30(28)45(47)37-21-35(33)43(41(31)38)44(36)42(32)37/h5-22H,1-4H3. The first-order valence-electron chi connectivity index (χ1n) is 16.6. The summed E-state index contributed by atoms with van der Waals surface area (Å²) >= 11 is 0. The van der Waals surface area contributed by atoms with Gasteiger partial charge in [0, 0.05) is 32.3 Å². The molecule has 10 rings (SSSR count). The number of aryl methyl sites for hydroxylation is 4. The maximum atomic E-state index is 14.5. The Balaban J connectivity index is 1.62. The van der Waals surface area contributed by atoms with Crippen LogP contribution in [0.2, 0.25) is 0 Å². The van der Waals surface area contributed by atoms with Crippen molar-refractivity contribution in [1.82, 2.24) is 0 Å². The Bertz CT molecular complexity index is 2880. The lowest BCUT2D eigenvalue weighted by Crippen LogP contribution is -2.08. The molecule has 0 aromatic heterocycles. The van der Waals surface area contributed by atoms with Crippen LogP contribution < -0.4 is 10.9 Å². The van der Waals surface area contributed by atoms with E-state index in [2.05, 4.69) is 100 Å². The first-order valence-corrected chi connectivity index (χ1v) is 16.6. The summed E-state index contributed by atoms with van der Waals surface area (Å²) in [6.45, 7) is 8.66. The Kier molecular flexibility index (Phi) is 5.32. The van der Waals surface area contributed by atoms with E-state index in [9.17, 15) is 9.59 Å². The van der Waals surface area contributed by atoms with Gasteiger partial charge in [0.1, 0.15) is 0 Å². The largest absolute Gasteiger partial charge is 0.289 e. The summed E-state index contributed by atoms with van der Waals surface area (Å²) in [5, 5.41) is 13.1. The Labute approximate surface area is 276 Å². The topological polar surface area (TPSA) is 34.1 Å². The predicted octanol–water partition coefficient (Wildman–Crippen LogP) is 11.4. The van der Waals surface area contributed by atoms with Crippen LogP contribution in [0.3, 0.4) is 0 Å². The number of fused-ring (bicyclic) bond motifs is 4. The molecule has 0 aliphatic rings. The summed E-state index contributed by atoms with van der Waals surface area (Å²) < 4.78 is 0. The molecule has 0 fully saturated rings. The molecule has 10 aromatic rings. The third kappa shape index (κ3) is 3.32. The van der Waals surface area contributed by atoms with E-state index >= 15 is 0 Å². The molecule has 0 spiro atoms. The molecule has 0 aliphatic carbocycles. The highest BCUT2D eigenvalue weighted by Gasteiger charge is 2.26. The molecule has 226 valence electrons. The van der Waals surface area contributed by atoms with Gasteiger partial charge in [0.25, 0.3) is 0 Å². The van der Waals surface area contributed by atoms with Crippen LogP contribution in [0.1, 0.15) is 22.3 Å². The van der Waals surface area contributed by atoms with Crippen molar-refractivity contribution in [3.05, 3.63) is 152 Å². The molecule has 0 atom stereocenters. The van der Waals surface area contributed by atoms with E-state index in [1.807, 2.05) is 36.4 Å². The van der Waals surface area contributed by atoms with E-state index < -0.39 is 0 Å². The molecule has 0 N–H and O–H groups in total. The lowest BCUT2D eigenvalue weighted by Gasteiger charge is -2.24. The van der Waals surface area contributed by atoms with Gasteiger partial charge in [-0.3, -0.25) is 9.59 Å². The highest BCUT2D eigenvalue weighted by Crippen LogP contribution is 2.51. The molecule has 48 heavy (non-hydrogen) atoms. The van der Waals surface area contributed by atoms with Gasteiger partial charge < -0.3 is 0 Å². The fourth-order valence-electron chi connectivity index (χ4n) is 9.01. The average molecular weight is 615 g/mol. The normalized spacial score (nSPS) is 12.3. The monoisotopic (exact) mass is 614 g/mol. The fraction of sp³-hybridized carbons (Fsp3) is 0.0870. The van der Waals surface area contributed by atoms with Crippen LogP contribution in [0.25, 0.3) is 97.7 Å². The van der Waals surface area contributed by atoms with E-state index in [0.717, 1.165) is 86.5 Å². The summed E-state index contributed by atoms with van der Waals surface area (Å²) in [7, 11) is 0. The number of rotatable bonds is 2. The summed E-state index contributed by atoms with van der Waals surface area (Å²) in [4.78, 5) is 29.1. The van der Waals surface area contributed by atoms with E-state index in [1.165, 1.54) is 33.4 Å².